The van der Waals surface area contributed by atoms with E-state index in [2.05, 4.69) is 15.1 Å². The van der Waals surface area contributed by atoms with E-state index in [0.29, 0.717) is 0 Å². The normalized spacial score (nSPS) is 17.5. The molecule has 0 saturated carbocycles. The minimum absolute atomic E-state index is 0.223. The van der Waals surface area contributed by atoms with Crippen molar-refractivity contribution in [3.63, 3.8) is 0 Å². The lowest BCUT2D eigenvalue weighted by Crippen LogP contribution is -2.35. The lowest BCUT2D eigenvalue weighted by atomic mass is 9.96. The Labute approximate surface area is 151 Å². The highest BCUT2D eigenvalue weighted by Crippen LogP contribution is 2.30. The molecule has 0 aliphatic carbocycles. The first-order chi connectivity index (χ1) is 12.6. The number of benzene rings is 2. The van der Waals surface area contributed by atoms with Crippen LogP contribution in [0.15, 0.2) is 48.5 Å². The van der Waals surface area contributed by atoms with Crippen molar-refractivity contribution >= 4 is 5.69 Å². The molecule has 2 heterocycles. The number of anilines is 1. The van der Waals surface area contributed by atoms with E-state index < -0.39 is 0 Å². The summed E-state index contributed by atoms with van der Waals surface area (Å²) < 4.78 is 28.3. The lowest BCUT2D eigenvalue weighted by Gasteiger charge is -2.34. The number of nitrogens with zero attached hydrogens (tertiary/aromatic N) is 4. The minimum Gasteiger partial charge on any atom is -0.371 e. The van der Waals surface area contributed by atoms with Gasteiger partial charge in [-0.2, -0.15) is 0 Å². The average Bonchev–Trinajstić information content (AvgIpc) is 3.05. The molecular formula is C20H20F2N4. The highest BCUT2D eigenvalue weighted by Gasteiger charge is 2.26. The topological polar surface area (TPSA) is 34.0 Å². The van der Waals surface area contributed by atoms with Gasteiger partial charge in [-0.05, 0) is 61.4 Å². The zero-order valence-electron chi connectivity index (χ0n) is 14.6. The summed E-state index contributed by atoms with van der Waals surface area (Å²) in [6, 6.07) is 12.9. The van der Waals surface area contributed by atoms with E-state index in [1.54, 1.807) is 12.1 Å². The van der Waals surface area contributed by atoms with Gasteiger partial charge in [0, 0.05) is 37.3 Å². The Morgan fingerprint density at radius 1 is 0.923 bits per heavy atom. The first kappa shape index (κ1) is 16.7. The zero-order chi connectivity index (χ0) is 18.1. The van der Waals surface area contributed by atoms with Crippen molar-refractivity contribution in [1.82, 2.24) is 14.8 Å². The van der Waals surface area contributed by atoms with Crippen molar-refractivity contribution in [2.75, 3.05) is 18.0 Å². The molecular weight excluding hydrogens is 334 g/mol. The monoisotopic (exact) mass is 354 g/mol. The number of piperidine rings is 1. The molecule has 134 valence electrons. The maximum Gasteiger partial charge on any atom is 0.163 e. The van der Waals surface area contributed by atoms with Crippen LogP contribution in [0.25, 0.3) is 11.4 Å². The molecule has 2 aromatic carbocycles. The summed E-state index contributed by atoms with van der Waals surface area (Å²) in [5, 5.41) is 8.74. The summed E-state index contributed by atoms with van der Waals surface area (Å²) in [7, 11) is 1.95. The van der Waals surface area contributed by atoms with Crippen LogP contribution in [0.1, 0.15) is 24.6 Å². The van der Waals surface area contributed by atoms with E-state index in [0.717, 1.165) is 48.8 Å². The molecule has 1 unspecified atom stereocenters. The second kappa shape index (κ2) is 6.86. The van der Waals surface area contributed by atoms with Gasteiger partial charge in [-0.15, -0.1) is 10.2 Å². The fraction of sp³-hybridized carbons (Fsp3) is 0.300. The predicted octanol–water partition coefficient (Wildman–Crippen LogP) is 4.14. The molecule has 0 bridgehead atoms. The predicted molar refractivity (Wildman–Crippen MR) is 97.0 cm³/mol. The highest BCUT2D eigenvalue weighted by molar-refractivity contribution is 5.55. The van der Waals surface area contributed by atoms with E-state index in [1.807, 2.05) is 23.7 Å². The van der Waals surface area contributed by atoms with Crippen LogP contribution in [0.2, 0.25) is 0 Å². The molecule has 1 saturated heterocycles. The quantitative estimate of drug-likeness (QED) is 0.709. The maximum absolute atomic E-state index is 13.2. The molecule has 1 aliphatic rings. The van der Waals surface area contributed by atoms with Crippen LogP contribution in [0.5, 0.6) is 0 Å². The van der Waals surface area contributed by atoms with Gasteiger partial charge in [-0.1, -0.05) is 0 Å². The van der Waals surface area contributed by atoms with Gasteiger partial charge < -0.3 is 9.47 Å². The summed E-state index contributed by atoms with van der Waals surface area (Å²) >= 11 is 0. The maximum atomic E-state index is 13.2. The van der Waals surface area contributed by atoms with E-state index in [-0.39, 0.29) is 17.6 Å². The summed E-state index contributed by atoms with van der Waals surface area (Å²) in [5.41, 5.74) is 1.87. The molecule has 4 rings (SSSR count). The summed E-state index contributed by atoms with van der Waals surface area (Å²) in [6.45, 7) is 1.77. The molecule has 4 nitrogen and oxygen atoms in total. The average molecular weight is 354 g/mol. The van der Waals surface area contributed by atoms with Gasteiger partial charge in [-0.3, -0.25) is 0 Å². The molecule has 26 heavy (non-hydrogen) atoms. The zero-order valence-corrected chi connectivity index (χ0v) is 14.6. The second-order valence-corrected chi connectivity index (χ2v) is 6.71. The van der Waals surface area contributed by atoms with Crippen molar-refractivity contribution in [1.29, 1.82) is 0 Å². The van der Waals surface area contributed by atoms with Crippen LogP contribution in [0.3, 0.4) is 0 Å². The minimum atomic E-state index is -0.265. The van der Waals surface area contributed by atoms with Gasteiger partial charge in [-0.25, -0.2) is 8.78 Å². The summed E-state index contributed by atoms with van der Waals surface area (Å²) in [4.78, 5) is 2.26. The molecule has 6 heteroatoms. The molecule has 1 aliphatic heterocycles. The fourth-order valence-electron chi connectivity index (χ4n) is 3.62. The molecule has 1 fully saturated rings. The van der Waals surface area contributed by atoms with Crippen molar-refractivity contribution in [3.8, 4) is 11.4 Å². The van der Waals surface area contributed by atoms with Crippen LogP contribution in [0, 0.1) is 11.6 Å². The summed E-state index contributed by atoms with van der Waals surface area (Å²) in [6.07, 6.45) is 2.08. The third-order valence-corrected chi connectivity index (χ3v) is 4.99. The van der Waals surface area contributed by atoms with Gasteiger partial charge in [0.2, 0.25) is 0 Å². The smallest absolute Gasteiger partial charge is 0.163 e. The Morgan fingerprint density at radius 3 is 2.27 bits per heavy atom. The largest absolute Gasteiger partial charge is 0.371 e. The van der Waals surface area contributed by atoms with Crippen LogP contribution in [0.4, 0.5) is 14.5 Å². The van der Waals surface area contributed by atoms with Crippen molar-refractivity contribution in [2.24, 2.45) is 7.05 Å². The molecule has 1 aromatic heterocycles. The number of hydrogen-bond donors (Lipinski definition) is 0. The molecule has 0 amide bonds. The Hall–Kier alpha value is -2.76. The van der Waals surface area contributed by atoms with Crippen LogP contribution < -0.4 is 4.90 Å². The number of rotatable bonds is 3. The van der Waals surface area contributed by atoms with Crippen molar-refractivity contribution < 1.29 is 8.78 Å². The Bertz CT molecular complexity index is 887. The Kier molecular flexibility index (Phi) is 4.41. The Morgan fingerprint density at radius 2 is 1.58 bits per heavy atom. The third kappa shape index (κ3) is 3.19. The molecule has 0 spiro atoms. The van der Waals surface area contributed by atoms with Gasteiger partial charge in [0.05, 0.1) is 0 Å². The van der Waals surface area contributed by atoms with Crippen LogP contribution in [-0.2, 0) is 7.05 Å². The van der Waals surface area contributed by atoms with Gasteiger partial charge in [0.15, 0.2) is 5.82 Å². The van der Waals surface area contributed by atoms with Gasteiger partial charge in [0.1, 0.15) is 17.5 Å². The number of halogens is 2. The SMILES string of the molecule is Cn1c(-c2ccc(F)cc2)nnc1C1CCCN(c2ccc(F)cc2)C1. The van der Waals surface area contributed by atoms with E-state index in [4.69, 9.17) is 0 Å². The van der Waals surface area contributed by atoms with Crippen LogP contribution in [-0.4, -0.2) is 27.9 Å². The van der Waals surface area contributed by atoms with Gasteiger partial charge in [0.25, 0.3) is 0 Å². The van der Waals surface area contributed by atoms with Gasteiger partial charge >= 0.3 is 0 Å². The van der Waals surface area contributed by atoms with E-state index in [9.17, 15) is 8.78 Å². The first-order valence-corrected chi connectivity index (χ1v) is 8.77. The van der Waals surface area contributed by atoms with E-state index >= 15 is 0 Å². The summed E-state index contributed by atoms with van der Waals surface area (Å²) in [5.74, 6) is 1.42. The second-order valence-electron chi connectivity index (χ2n) is 6.71. The standard InChI is InChI=1S/C20H20F2N4/c1-25-19(14-4-6-16(21)7-5-14)23-24-20(25)15-3-2-12-26(13-15)18-10-8-17(22)9-11-18/h4-11,15H,2-3,12-13H2,1H3. The van der Waals surface area contributed by atoms with E-state index in [1.165, 1.54) is 24.3 Å². The molecule has 3 aromatic rings. The Balaban J connectivity index is 1.57. The lowest BCUT2D eigenvalue weighted by molar-refractivity contribution is 0.480. The van der Waals surface area contributed by atoms with Crippen molar-refractivity contribution in [3.05, 3.63) is 66.0 Å². The number of aromatic nitrogens is 3. The molecule has 1 atom stereocenters. The fourth-order valence-corrected chi connectivity index (χ4v) is 3.62. The third-order valence-electron chi connectivity index (χ3n) is 4.99. The highest BCUT2D eigenvalue weighted by atomic mass is 19.1. The van der Waals surface area contributed by atoms with Crippen LogP contribution >= 0.6 is 0 Å². The molecule has 0 N–H and O–H groups in total. The number of hydrogen-bond acceptors (Lipinski definition) is 3. The molecule has 0 radical (unpaired) electrons. The first-order valence-electron chi connectivity index (χ1n) is 8.77. The van der Waals surface area contributed by atoms with Crippen molar-refractivity contribution in [2.45, 2.75) is 18.8 Å².